The normalized spacial score (nSPS) is 14.1. The molecule has 98 valence electrons. The largest absolute Gasteiger partial charge is 0.388 e. The van der Waals surface area contributed by atoms with Gasteiger partial charge in [-0.25, -0.2) is 9.97 Å². The van der Waals surface area contributed by atoms with Crippen LogP contribution < -0.4 is 5.32 Å². The SMILES string of the molecule is Cc1cc(C#N)nc(NCC(C)(O)CC(C)C)n1. The maximum Gasteiger partial charge on any atom is 0.224 e. The predicted molar refractivity (Wildman–Crippen MR) is 70.1 cm³/mol. The van der Waals surface area contributed by atoms with Gasteiger partial charge in [-0.15, -0.1) is 0 Å². The maximum absolute atomic E-state index is 10.2. The highest BCUT2D eigenvalue weighted by atomic mass is 16.3. The summed E-state index contributed by atoms with van der Waals surface area (Å²) in [5.41, 5.74) is 0.245. The minimum absolute atomic E-state index is 0.327. The minimum Gasteiger partial charge on any atom is -0.388 e. The fraction of sp³-hybridized carbons (Fsp3) is 0.615. The second-order valence-electron chi connectivity index (χ2n) is 5.28. The zero-order valence-corrected chi connectivity index (χ0v) is 11.4. The first-order valence-electron chi connectivity index (χ1n) is 6.04. The quantitative estimate of drug-likeness (QED) is 0.831. The van der Waals surface area contributed by atoms with Crippen LogP contribution in [0.5, 0.6) is 0 Å². The topological polar surface area (TPSA) is 81.8 Å². The smallest absolute Gasteiger partial charge is 0.224 e. The van der Waals surface area contributed by atoms with E-state index in [4.69, 9.17) is 5.26 Å². The Bertz CT molecular complexity index is 449. The Hall–Kier alpha value is -1.67. The second-order valence-corrected chi connectivity index (χ2v) is 5.28. The van der Waals surface area contributed by atoms with Gasteiger partial charge in [-0.2, -0.15) is 5.26 Å². The number of nitrogens with one attached hydrogen (secondary N) is 1. The van der Waals surface area contributed by atoms with E-state index in [1.54, 1.807) is 19.9 Å². The molecule has 0 saturated heterocycles. The van der Waals surface area contributed by atoms with Crippen molar-refractivity contribution in [3.05, 3.63) is 17.5 Å². The van der Waals surface area contributed by atoms with Crippen LogP contribution in [0.4, 0.5) is 5.95 Å². The molecule has 1 rings (SSSR count). The van der Waals surface area contributed by atoms with E-state index in [0.29, 0.717) is 30.5 Å². The molecule has 18 heavy (non-hydrogen) atoms. The van der Waals surface area contributed by atoms with Gasteiger partial charge in [0.1, 0.15) is 11.8 Å². The molecule has 5 heteroatoms. The first kappa shape index (κ1) is 14.4. The molecular formula is C13H20N4O. The monoisotopic (exact) mass is 248 g/mol. The van der Waals surface area contributed by atoms with Gasteiger partial charge in [-0.05, 0) is 32.3 Å². The van der Waals surface area contributed by atoms with Crippen LogP contribution in [-0.4, -0.2) is 27.2 Å². The van der Waals surface area contributed by atoms with Crippen LogP contribution in [0.3, 0.4) is 0 Å². The van der Waals surface area contributed by atoms with Crippen LogP contribution in [0.25, 0.3) is 0 Å². The number of hydrogen-bond acceptors (Lipinski definition) is 5. The maximum atomic E-state index is 10.2. The summed E-state index contributed by atoms with van der Waals surface area (Å²) in [5, 5.41) is 22.0. The van der Waals surface area contributed by atoms with Gasteiger partial charge in [0.15, 0.2) is 0 Å². The van der Waals surface area contributed by atoms with E-state index in [0.717, 1.165) is 5.69 Å². The van der Waals surface area contributed by atoms with Gasteiger partial charge in [0, 0.05) is 12.2 Å². The lowest BCUT2D eigenvalue weighted by molar-refractivity contribution is 0.0514. The van der Waals surface area contributed by atoms with Crippen LogP contribution in [0.2, 0.25) is 0 Å². The highest BCUT2D eigenvalue weighted by molar-refractivity contribution is 5.33. The zero-order chi connectivity index (χ0) is 13.8. The van der Waals surface area contributed by atoms with Crippen molar-refractivity contribution in [1.82, 2.24) is 9.97 Å². The summed E-state index contributed by atoms with van der Waals surface area (Å²) in [4.78, 5) is 8.22. The highest BCUT2D eigenvalue weighted by Gasteiger charge is 2.21. The van der Waals surface area contributed by atoms with Crippen LogP contribution in [0.15, 0.2) is 6.07 Å². The molecule has 0 aliphatic carbocycles. The van der Waals surface area contributed by atoms with Gasteiger partial charge in [-0.1, -0.05) is 13.8 Å². The Labute approximate surface area is 108 Å². The zero-order valence-electron chi connectivity index (χ0n) is 11.4. The van der Waals surface area contributed by atoms with Gasteiger partial charge in [-0.3, -0.25) is 0 Å². The summed E-state index contributed by atoms with van der Waals surface area (Å²) in [7, 11) is 0. The lowest BCUT2D eigenvalue weighted by Gasteiger charge is -2.25. The third kappa shape index (κ3) is 4.68. The van der Waals surface area contributed by atoms with E-state index in [2.05, 4.69) is 29.1 Å². The Balaban J connectivity index is 2.69. The predicted octanol–water partition coefficient (Wildman–Crippen LogP) is 1.87. The average molecular weight is 248 g/mol. The van der Waals surface area contributed by atoms with Crippen LogP contribution in [0, 0.1) is 24.2 Å². The highest BCUT2D eigenvalue weighted by Crippen LogP contribution is 2.16. The van der Waals surface area contributed by atoms with Crippen molar-refractivity contribution in [2.24, 2.45) is 5.92 Å². The van der Waals surface area contributed by atoms with Crippen molar-refractivity contribution in [1.29, 1.82) is 5.26 Å². The van der Waals surface area contributed by atoms with Crippen LogP contribution in [0.1, 0.15) is 38.6 Å². The third-order valence-electron chi connectivity index (χ3n) is 2.44. The van der Waals surface area contributed by atoms with Gasteiger partial charge in [0.05, 0.1) is 5.60 Å². The first-order valence-corrected chi connectivity index (χ1v) is 6.04. The molecule has 1 aromatic rings. The fourth-order valence-electron chi connectivity index (χ4n) is 1.93. The fourth-order valence-corrected chi connectivity index (χ4v) is 1.93. The van der Waals surface area contributed by atoms with Gasteiger partial charge in [0.2, 0.25) is 5.95 Å². The molecule has 0 bridgehead atoms. The summed E-state index contributed by atoms with van der Waals surface area (Å²) in [6.07, 6.45) is 0.691. The number of nitriles is 1. The van der Waals surface area contributed by atoms with Crippen molar-refractivity contribution < 1.29 is 5.11 Å². The van der Waals surface area contributed by atoms with Crippen molar-refractivity contribution in [3.8, 4) is 6.07 Å². The minimum atomic E-state index is -0.811. The molecule has 1 heterocycles. The molecule has 0 aromatic carbocycles. The standard InChI is InChI=1S/C13H20N4O/c1-9(2)6-13(4,18)8-15-12-16-10(3)5-11(7-14)17-12/h5,9,18H,6,8H2,1-4H3,(H,15,16,17). The molecular weight excluding hydrogens is 228 g/mol. The number of anilines is 1. The number of aliphatic hydroxyl groups is 1. The Morgan fingerprint density at radius 3 is 2.72 bits per heavy atom. The van der Waals surface area contributed by atoms with E-state index in [9.17, 15) is 5.11 Å². The molecule has 0 amide bonds. The molecule has 1 aromatic heterocycles. The molecule has 0 fully saturated rings. The summed E-state index contributed by atoms with van der Waals surface area (Å²) < 4.78 is 0. The summed E-state index contributed by atoms with van der Waals surface area (Å²) in [6.45, 7) is 8.07. The second kappa shape index (κ2) is 5.78. The lowest BCUT2D eigenvalue weighted by atomic mass is 9.94. The molecule has 1 atom stereocenters. The van der Waals surface area contributed by atoms with E-state index < -0.39 is 5.60 Å². The Morgan fingerprint density at radius 2 is 2.17 bits per heavy atom. The van der Waals surface area contributed by atoms with E-state index >= 15 is 0 Å². The molecule has 0 saturated carbocycles. The summed E-state index contributed by atoms with van der Waals surface area (Å²) in [6, 6.07) is 3.61. The molecule has 0 spiro atoms. The Kier molecular flexibility index (Phi) is 4.62. The number of rotatable bonds is 5. The van der Waals surface area contributed by atoms with Crippen molar-refractivity contribution in [3.63, 3.8) is 0 Å². The number of aryl methyl sites for hydroxylation is 1. The first-order chi connectivity index (χ1) is 8.32. The number of hydrogen-bond donors (Lipinski definition) is 2. The van der Waals surface area contributed by atoms with Crippen molar-refractivity contribution >= 4 is 5.95 Å². The summed E-state index contributed by atoms with van der Waals surface area (Å²) >= 11 is 0. The van der Waals surface area contributed by atoms with Gasteiger partial charge < -0.3 is 10.4 Å². The third-order valence-corrected chi connectivity index (χ3v) is 2.44. The number of aromatic nitrogens is 2. The Morgan fingerprint density at radius 1 is 1.50 bits per heavy atom. The summed E-state index contributed by atoms with van der Waals surface area (Å²) in [5.74, 6) is 0.797. The van der Waals surface area contributed by atoms with E-state index in [1.165, 1.54) is 0 Å². The lowest BCUT2D eigenvalue weighted by Crippen LogP contribution is -2.35. The van der Waals surface area contributed by atoms with E-state index in [1.807, 2.05) is 6.07 Å². The van der Waals surface area contributed by atoms with Gasteiger partial charge in [0.25, 0.3) is 0 Å². The molecule has 0 aliphatic rings. The molecule has 0 radical (unpaired) electrons. The molecule has 0 aliphatic heterocycles. The number of nitrogens with zero attached hydrogens (tertiary/aromatic N) is 3. The average Bonchev–Trinajstić information content (AvgIpc) is 2.24. The van der Waals surface area contributed by atoms with Crippen LogP contribution in [-0.2, 0) is 0 Å². The molecule has 5 nitrogen and oxygen atoms in total. The van der Waals surface area contributed by atoms with Crippen molar-refractivity contribution in [2.45, 2.75) is 39.7 Å². The van der Waals surface area contributed by atoms with Crippen molar-refractivity contribution in [2.75, 3.05) is 11.9 Å². The van der Waals surface area contributed by atoms with Gasteiger partial charge >= 0.3 is 0 Å². The van der Waals surface area contributed by atoms with Crippen LogP contribution >= 0.6 is 0 Å². The molecule has 2 N–H and O–H groups in total. The molecule has 1 unspecified atom stereocenters. The van der Waals surface area contributed by atoms with E-state index in [-0.39, 0.29) is 0 Å².